The minimum absolute atomic E-state index is 0.0551. The molecule has 0 saturated carbocycles. The molecular weight excluding hydrogens is 416 g/mol. The minimum atomic E-state index is -1.63. The zero-order chi connectivity index (χ0) is 23.4. The molecule has 30 heavy (non-hydrogen) atoms. The average Bonchev–Trinajstić information content (AvgIpc) is 2.62. The van der Waals surface area contributed by atoms with Gasteiger partial charge in [0.15, 0.2) is 0 Å². The maximum atomic E-state index is 12.7. The largest absolute Gasteiger partial charge is 0.481 e. The van der Waals surface area contributed by atoms with Crippen LogP contribution in [0.4, 0.5) is 0 Å². The van der Waals surface area contributed by atoms with E-state index < -0.39 is 60.2 Å². The van der Waals surface area contributed by atoms with Gasteiger partial charge in [0.2, 0.25) is 17.7 Å². The SMILES string of the molecule is CSCCC(NC(=O)C(CC(C)C)NC(=O)C(C)N)C(=O)NC(CC(=O)O)C(=O)O. The molecule has 0 aromatic rings. The van der Waals surface area contributed by atoms with E-state index in [4.69, 9.17) is 15.9 Å². The molecule has 0 radical (unpaired) electrons. The summed E-state index contributed by atoms with van der Waals surface area (Å²) in [6.45, 7) is 5.20. The lowest BCUT2D eigenvalue weighted by Crippen LogP contribution is -2.57. The molecule has 0 fully saturated rings. The van der Waals surface area contributed by atoms with E-state index in [0.29, 0.717) is 12.2 Å². The van der Waals surface area contributed by atoms with Crippen molar-refractivity contribution in [1.82, 2.24) is 16.0 Å². The molecule has 0 heterocycles. The Morgan fingerprint density at radius 1 is 0.867 bits per heavy atom. The number of nitrogens with one attached hydrogen (secondary N) is 3. The quantitative estimate of drug-likeness (QED) is 0.197. The molecule has 0 rings (SSSR count). The van der Waals surface area contributed by atoms with Crippen molar-refractivity contribution in [3.63, 3.8) is 0 Å². The van der Waals surface area contributed by atoms with Crippen LogP contribution in [0.25, 0.3) is 0 Å². The molecule has 3 amide bonds. The van der Waals surface area contributed by atoms with Crippen LogP contribution in [0, 0.1) is 5.92 Å². The van der Waals surface area contributed by atoms with Gasteiger partial charge in [0.25, 0.3) is 0 Å². The predicted molar refractivity (Wildman–Crippen MR) is 112 cm³/mol. The van der Waals surface area contributed by atoms with Gasteiger partial charge in [-0.05, 0) is 37.7 Å². The van der Waals surface area contributed by atoms with Gasteiger partial charge >= 0.3 is 11.9 Å². The van der Waals surface area contributed by atoms with E-state index in [9.17, 15) is 24.0 Å². The Balaban J connectivity index is 5.39. The van der Waals surface area contributed by atoms with Gasteiger partial charge in [0.05, 0.1) is 12.5 Å². The molecule has 0 aromatic heterocycles. The van der Waals surface area contributed by atoms with Crippen molar-refractivity contribution in [2.45, 2.75) is 64.2 Å². The average molecular weight is 449 g/mol. The van der Waals surface area contributed by atoms with E-state index in [0.717, 1.165) is 0 Å². The zero-order valence-corrected chi connectivity index (χ0v) is 18.5. The Kier molecular flexibility index (Phi) is 12.7. The molecule has 0 bridgehead atoms. The highest BCUT2D eigenvalue weighted by atomic mass is 32.2. The third-order valence-corrected chi connectivity index (χ3v) is 4.63. The van der Waals surface area contributed by atoms with Gasteiger partial charge < -0.3 is 31.9 Å². The van der Waals surface area contributed by atoms with E-state index in [1.54, 1.807) is 6.26 Å². The second kappa shape index (κ2) is 13.8. The summed E-state index contributed by atoms with van der Waals surface area (Å²) < 4.78 is 0. The van der Waals surface area contributed by atoms with Crippen molar-refractivity contribution in [3.05, 3.63) is 0 Å². The first-order chi connectivity index (χ1) is 13.9. The number of carbonyl (C=O) groups excluding carboxylic acids is 3. The van der Waals surface area contributed by atoms with Crippen LogP contribution in [0.1, 0.15) is 40.0 Å². The minimum Gasteiger partial charge on any atom is -0.481 e. The highest BCUT2D eigenvalue weighted by molar-refractivity contribution is 7.98. The number of thioether (sulfide) groups is 1. The molecule has 0 aromatic carbocycles. The number of nitrogens with two attached hydrogens (primary N) is 1. The zero-order valence-electron chi connectivity index (χ0n) is 17.6. The number of rotatable bonds is 14. The van der Waals surface area contributed by atoms with Gasteiger partial charge in [0, 0.05) is 0 Å². The number of carboxylic acids is 2. The Hall–Kier alpha value is -2.34. The van der Waals surface area contributed by atoms with Gasteiger partial charge in [0.1, 0.15) is 18.1 Å². The normalized spacial score (nSPS) is 14.9. The molecule has 0 aliphatic heterocycles. The molecule has 172 valence electrons. The molecule has 11 nitrogen and oxygen atoms in total. The monoisotopic (exact) mass is 448 g/mol. The summed E-state index contributed by atoms with van der Waals surface area (Å²) in [6.07, 6.45) is 1.49. The second-order valence-electron chi connectivity index (χ2n) is 7.32. The van der Waals surface area contributed by atoms with Crippen LogP contribution in [-0.4, -0.2) is 76.0 Å². The van der Waals surface area contributed by atoms with E-state index in [1.807, 2.05) is 13.8 Å². The first kappa shape index (κ1) is 27.7. The summed E-state index contributed by atoms with van der Waals surface area (Å²) in [6, 6.07) is -4.48. The van der Waals surface area contributed by atoms with E-state index in [2.05, 4.69) is 16.0 Å². The molecule has 0 spiro atoms. The molecule has 12 heteroatoms. The number of hydrogen-bond donors (Lipinski definition) is 6. The smallest absolute Gasteiger partial charge is 0.326 e. The molecule has 7 N–H and O–H groups in total. The number of amides is 3. The van der Waals surface area contributed by atoms with Gasteiger partial charge in [-0.15, -0.1) is 0 Å². The first-order valence-electron chi connectivity index (χ1n) is 9.49. The Morgan fingerprint density at radius 2 is 1.37 bits per heavy atom. The fourth-order valence-electron chi connectivity index (χ4n) is 2.43. The summed E-state index contributed by atoms with van der Waals surface area (Å²) in [5.74, 6) is -4.29. The number of aliphatic carboxylic acids is 2. The molecule has 0 aliphatic rings. The lowest BCUT2D eigenvalue weighted by atomic mass is 10.0. The molecule has 4 atom stereocenters. The highest BCUT2D eigenvalue weighted by Gasteiger charge is 2.30. The van der Waals surface area contributed by atoms with Crippen LogP contribution in [0.5, 0.6) is 0 Å². The fourth-order valence-corrected chi connectivity index (χ4v) is 2.90. The van der Waals surface area contributed by atoms with Crippen molar-refractivity contribution in [1.29, 1.82) is 0 Å². The Labute approximate surface area is 179 Å². The lowest BCUT2D eigenvalue weighted by Gasteiger charge is -2.25. The van der Waals surface area contributed by atoms with Gasteiger partial charge in [-0.25, -0.2) is 4.79 Å². The number of carboxylic acid groups (broad SMARTS) is 2. The van der Waals surface area contributed by atoms with Crippen LogP contribution in [0.2, 0.25) is 0 Å². The Bertz CT molecular complexity index is 628. The van der Waals surface area contributed by atoms with Crippen LogP contribution < -0.4 is 21.7 Å². The van der Waals surface area contributed by atoms with Crippen molar-refractivity contribution in [2.24, 2.45) is 11.7 Å². The van der Waals surface area contributed by atoms with Crippen molar-refractivity contribution < 1.29 is 34.2 Å². The van der Waals surface area contributed by atoms with Crippen molar-refractivity contribution >= 4 is 41.4 Å². The van der Waals surface area contributed by atoms with Gasteiger partial charge in [-0.3, -0.25) is 19.2 Å². The summed E-state index contributed by atoms with van der Waals surface area (Å²) in [5.41, 5.74) is 5.54. The Morgan fingerprint density at radius 3 is 1.80 bits per heavy atom. The van der Waals surface area contributed by atoms with Crippen molar-refractivity contribution in [2.75, 3.05) is 12.0 Å². The molecule has 0 saturated heterocycles. The maximum absolute atomic E-state index is 12.7. The summed E-state index contributed by atoms with van der Waals surface area (Å²) in [5, 5.41) is 25.2. The lowest BCUT2D eigenvalue weighted by molar-refractivity contribution is -0.147. The maximum Gasteiger partial charge on any atom is 0.326 e. The summed E-state index contributed by atoms with van der Waals surface area (Å²) in [4.78, 5) is 59.3. The van der Waals surface area contributed by atoms with Crippen LogP contribution >= 0.6 is 11.8 Å². The van der Waals surface area contributed by atoms with Gasteiger partial charge in [-0.1, -0.05) is 13.8 Å². The number of carbonyl (C=O) groups is 5. The van der Waals surface area contributed by atoms with Crippen molar-refractivity contribution in [3.8, 4) is 0 Å². The van der Waals surface area contributed by atoms with Crippen LogP contribution in [0.15, 0.2) is 0 Å². The van der Waals surface area contributed by atoms with Gasteiger partial charge in [-0.2, -0.15) is 11.8 Å². The molecule has 4 unspecified atom stereocenters. The second-order valence-corrected chi connectivity index (χ2v) is 8.30. The molecular formula is C18H32N4O7S. The van der Waals surface area contributed by atoms with E-state index >= 15 is 0 Å². The third-order valence-electron chi connectivity index (χ3n) is 3.99. The fraction of sp³-hybridized carbons (Fsp3) is 0.722. The summed E-state index contributed by atoms with van der Waals surface area (Å²) >= 11 is 1.42. The van der Waals surface area contributed by atoms with E-state index in [-0.39, 0.29) is 12.3 Å². The molecule has 0 aliphatic carbocycles. The standard InChI is InChI=1S/C18H32N4O7S/c1-9(2)7-12(21-15(25)10(3)19)17(27)20-11(5-6-30-4)16(26)22-13(18(28)29)8-14(23)24/h9-13H,5-8,19H2,1-4H3,(H,20,27)(H,21,25)(H,22,26)(H,23,24)(H,28,29). The van der Waals surface area contributed by atoms with Crippen LogP contribution in [-0.2, 0) is 24.0 Å². The van der Waals surface area contributed by atoms with Crippen LogP contribution in [0.3, 0.4) is 0 Å². The van der Waals surface area contributed by atoms with E-state index in [1.165, 1.54) is 18.7 Å². The summed E-state index contributed by atoms with van der Waals surface area (Å²) in [7, 11) is 0. The number of hydrogen-bond acceptors (Lipinski definition) is 7. The first-order valence-corrected chi connectivity index (χ1v) is 10.9. The topological polar surface area (TPSA) is 188 Å². The highest BCUT2D eigenvalue weighted by Crippen LogP contribution is 2.08. The predicted octanol–water partition coefficient (Wildman–Crippen LogP) is -0.853. The third kappa shape index (κ3) is 11.0.